The molecule has 6 heterocycles. The lowest BCUT2D eigenvalue weighted by atomic mass is 9.86. The molecule has 0 amide bonds. The molecule has 4 unspecified atom stereocenters. The number of fused-ring (bicyclic) bond motifs is 3. The second-order valence-corrected chi connectivity index (χ2v) is 26.7. The summed E-state index contributed by atoms with van der Waals surface area (Å²) in [6.07, 6.45) is 17.6. The van der Waals surface area contributed by atoms with Gasteiger partial charge in [0.1, 0.15) is 8.80 Å². The fourth-order valence-electron chi connectivity index (χ4n) is 9.06. The van der Waals surface area contributed by atoms with Crippen molar-refractivity contribution in [3.63, 3.8) is 0 Å². The molecule has 1 aliphatic rings. The highest BCUT2D eigenvalue weighted by molar-refractivity contribution is 7.30. The Hall–Kier alpha value is -2.04. The second-order valence-electron chi connectivity index (χ2n) is 19.7. The number of hydrogen-bond donors (Lipinski definition) is 0. The summed E-state index contributed by atoms with van der Waals surface area (Å²) in [6, 6.07) is 11.4. The third-order valence-corrected chi connectivity index (χ3v) is 22.7. The van der Waals surface area contributed by atoms with Crippen LogP contribution in [-0.2, 0) is 23.7 Å². The van der Waals surface area contributed by atoms with Gasteiger partial charge in [0.2, 0.25) is 11.6 Å². The molecule has 0 saturated carbocycles. The number of aromatic nitrogens is 4. The van der Waals surface area contributed by atoms with E-state index in [2.05, 4.69) is 130 Å². The number of unbranched alkanes of at least 4 members (excludes halogenated alkanes) is 3. The van der Waals surface area contributed by atoms with E-state index in [0.29, 0.717) is 23.5 Å². The minimum Gasteiger partial charge on any atom is -0.139 e. The first kappa shape index (κ1) is 46.5. The predicted molar refractivity (Wildman–Crippen MR) is 267 cm³/mol. The van der Waals surface area contributed by atoms with Gasteiger partial charge in [0.25, 0.3) is 0 Å². The Morgan fingerprint density at radius 1 is 0.508 bits per heavy atom. The van der Waals surface area contributed by atoms with Crippen LogP contribution in [0.2, 0.25) is 6.04 Å². The van der Waals surface area contributed by atoms with Crippen molar-refractivity contribution in [3.8, 4) is 40.9 Å². The van der Waals surface area contributed by atoms with Crippen molar-refractivity contribution in [1.29, 1.82) is 0 Å². The van der Waals surface area contributed by atoms with Gasteiger partial charge >= 0.3 is 0 Å². The van der Waals surface area contributed by atoms with Gasteiger partial charge in [-0.2, -0.15) is 0 Å². The van der Waals surface area contributed by atoms with Crippen molar-refractivity contribution in [2.24, 2.45) is 17.8 Å². The van der Waals surface area contributed by atoms with Gasteiger partial charge in [0.15, 0.2) is 0 Å². The summed E-state index contributed by atoms with van der Waals surface area (Å²) in [7, 11) is -1.35. The van der Waals surface area contributed by atoms with Crippen LogP contribution in [0.5, 0.6) is 0 Å². The van der Waals surface area contributed by atoms with Crippen molar-refractivity contribution in [3.05, 3.63) is 45.1 Å². The van der Waals surface area contributed by atoms with E-state index in [4.69, 9.17) is 20.4 Å². The van der Waals surface area contributed by atoms with Crippen LogP contribution in [0.4, 0.5) is 0 Å². The molecule has 5 aromatic heterocycles. The normalized spacial score (nSPS) is 15.8. The summed E-state index contributed by atoms with van der Waals surface area (Å²) in [5.41, 5.74) is 3.16. The number of rotatable bonds is 21. The Morgan fingerprint density at radius 3 is 1.51 bits per heavy atom. The zero-order chi connectivity index (χ0) is 42.5. The van der Waals surface area contributed by atoms with Crippen LogP contribution in [0.3, 0.4) is 0 Å². The predicted octanol–water partition coefficient (Wildman–Crippen LogP) is 15.2. The van der Waals surface area contributed by atoms with Crippen LogP contribution in [-0.4, -0.2) is 29.2 Å². The lowest BCUT2D eigenvalue weighted by Gasteiger charge is -2.21. The SMILES string of the molecule is CCCCC(CC)Cc1cc(-c2nnc(-c3cc(CC(CC)CCCC)c(C(C)(C)C)s3)nn2)sc1-c1cc2c(s1)-c1sc(C(C)(C)C)cc1[SiH]2CC(CC)CCCC. The first-order valence-electron chi connectivity index (χ1n) is 23.3. The second kappa shape index (κ2) is 20.4. The van der Waals surface area contributed by atoms with Crippen molar-refractivity contribution in [2.45, 2.75) is 190 Å². The van der Waals surface area contributed by atoms with Gasteiger partial charge in [-0.15, -0.1) is 65.7 Å². The summed E-state index contributed by atoms with van der Waals surface area (Å²) >= 11 is 7.87. The highest BCUT2D eigenvalue weighted by Gasteiger charge is 2.38. The van der Waals surface area contributed by atoms with E-state index in [1.165, 1.54) is 109 Å². The van der Waals surface area contributed by atoms with Gasteiger partial charge in [0.05, 0.1) is 9.75 Å². The maximum absolute atomic E-state index is 4.83. The Labute approximate surface area is 376 Å². The lowest BCUT2D eigenvalue weighted by molar-refractivity contribution is 0.445. The molecule has 322 valence electrons. The highest BCUT2D eigenvalue weighted by Crippen LogP contribution is 2.47. The molecule has 0 N–H and O–H groups in total. The van der Waals surface area contributed by atoms with Gasteiger partial charge in [-0.3, -0.25) is 0 Å². The topological polar surface area (TPSA) is 51.6 Å². The minimum atomic E-state index is -1.35. The summed E-state index contributed by atoms with van der Waals surface area (Å²) in [5.74, 6) is 3.50. The molecule has 0 bridgehead atoms. The van der Waals surface area contributed by atoms with Crippen LogP contribution in [0.15, 0.2) is 24.3 Å². The van der Waals surface area contributed by atoms with Gasteiger partial charge in [-0.1, -0.05) is 160 Å². The van der Waals surface area contributed by atoms with Gasteiger partial charge in [0, 0.05) is 29.3 Å². The Kier molecular flexibility index (Phi) is 16.1. The zero-order valence-electron chi connectivity index (χ0n) is 38.6. The molecule has 1 aliphatic heterocycles. The molecule has 6 rings (SSSR count). The number of thiophene rings is 4. The molecular weight excluding hydrogens is 813 g/mol. The van der Waals surface area contributed by atoms with E-state index in [1.54, 1.807) is 25.0 Å². The smallest absolute Gasteiger partial charge is 0.139 e. The van der Waals surface area contributed by atoms with E-state index in [1.807, 2.05) is 22.7 Å². The fourth-order valence-corrected chi connectivity index (χ4v) is 19.3. The van der Waals surface area contributed by atoms with E-state index in [9.17, 15) is 0 Å². The highest BCUT2D eigenvalue weighted by atomic mass is 32.1. The molecule has 4 nitrogen and oxygen atoms in total. The van der Waals surface area contributed by atoms with Gasteiger partial charge in [-0.05, 0) is 93.2 Å². The Bertz CT molecular complexity index is 2090. The van der Waals surface area contributed by atoms with E-state index >= 15 is 0 Å². The van der Waals surface area contributed by atoms with Crippen LogP contribution in [0.1, 0.15) is 181 Å². The summed E-state index contributed by atoms with van der Waals surface area (Å²) in [5, 5.41) is 22.7. The van der Waals surface area contributed by atoms with E-state index < -0.39 is 8.80 Å². The summed E-state index contributed by atoms with van der Waals surface area (Å²) in [4.78, 5) is 11.2. The molecule has 59 heavy (non-hydrogen) atoms. The van der Waals surface area contributed by atoms with Crippen LogP contribution < -0.4 is 10.4 Å². The quantitative estimate of drug-likeness (QED) is 0.0689. The van der Waals surface area contributed by atoms with E-state index in [-0.39, 0.29) is 10.8 Å². The molecule has 0 fully saturated rings. The van der Waals surface area contributed by atoms with Gasteiger partial charge < -0.3 is 0 Å². The minimum absolute atomic E-state index is 0.0660. The third-order valence-electron chi connectivity index (χ3n) is 12.9. The molecule has 0 aliphatic carbocycles. The summed E-state index contributed by atoms with van der Waals surface area (Å²) < 4.78 is 0. The first-order valence-corrected chi connectivity index (χ1v) is 28.6. The molecule has 0 saturated heterocycles. The Morgan fingerprint density at radius 2 is 0.983 bits per heavy atom. The van der Waals surface area contributed by atoms with Crippen molar-refractivity contribution >= 4 is 64.5 Å². The third kappa shape index (κ3) is 11.0. The lowest BCUT2D eigenvalue weighted by Crippen LogP contribution is -2.38. The first-order chi connectivity index (χ1) is 28.2. The average Bonchev–Trinajstić information content (AvgIpc) is 4.04. The maximum atomic E-state index is 4.83. The average molecular weight is 888 g/mol. The molecular formula is C50H74N4S4Si. The molecule has 4 atom stereocenters. The standard InChI is InChI=1S/C50H74N4S4Si/c1-13-19-22-32(16-4)25-35-27-38(47-51-53-48(54-52-47)39-28-36(46(57-39)50(10,11)12)26-33(17-5)23-20-14-2)56-43(35)37-29-40-44(55-37)45-41(30-42(58-45)49(7,8)9)59(40)31-34(18-6)24-21-15-3/h27-30,32-34,59H,13-26,31H2,1-12H3. The molecule has 0 radical (unpaired) electrons. The Balaban J connectivity index is 1.37. The van der Waals surface area contributed by atoms with Crippen LogP contribution in [0, 0.1) is 17.8 Å². The molecule has 9 heteroatoms. The van der Waals surface area contributed by atoms with Crippen molar-refractivity contribution in [1.82, 2.24) is 20.4 Å². The summed E-state index contributed by atoms with van der Waals surface area (Å²) in [6.45, 7) is 28.3. The zero-order valence-corrected chi connectivity index (χ0v) is 43.1. The van der Waals surface area contributed by atoms with Gasteiger partial charge in [-0.25, -0.2) is 0 Å². The number of hydrogen-bond acceptors (Lipinski definition) is 8. The van der Waals surface area contributed by atoms with Crippen molar-refractivity contribution in [2.75, 3.05) is 0 Å². The van der Waals surface area contributed by atoms with Crippen LogP contribution in [0.25, 0.3) is 40.9 Å². The largest absolute Gasteiger partial charge is 0.213 e. The number of nitrogens with zero attached hydrogens (tertiary/aromatic N) is 4. The molecule has 5 aromatic rings. The fraction of sp³-hybridized carbons (Fsp3) is 0.640. The molecule has 0 spiro atoms. The van der Waals surface area contributed by atoms with E-state index in [0.717, 1.165) is 28.5 Å². The molecule has 0 aromatic carbocycles. The maximum Gasteiger partial charge on any atom is 0.213 e. The monoisotopic (exact) mass is 886 g/mol. The van der Waals surface area contributed by atoms with Crippen LogP contribution >= 0.6 is 45.3 Å². The van der Waals surface area contributed by atoms with Crippen molar-refractivity contribution < 1.29 is 0 Å².